The zero-order valence-electron chi connectivity index (χ0n) is 9.73. The van der Waals surface area contributed by atoms with Crippen molar-refractivity contribution in [2.45, 2.75) is 13.3 Å². The van der Waals surface area contributed by atoms with Crippen LogP contribution in [0.5, 0.6) is 0 Å². The second kappa shape index (κ2) is 7.62. The van der Waals surface area contributed by atoms with Gasteiger partial charge in [0, 0.05) is 6.54 Å². The van der Waals surface area contributed by atoms with Crippen molar-refractivity contribution in [3.8, 4) is 0 Å². The van der Waals surface area contributed by atoms with Crippen molar-refractivity contribution in [1.29, 1.82) is 0 Å². The molecular formula is C12H16N2O2S. The quantitative estimate of drug-likeness (QED) is 0.596. The van der Waals surface area contributed by atoms with E-state index in [4.69, 9.17) is 0 Å². The monoisotopic (exact) mass is 252 g/mol. The van der Waals surface area contributed by atoms with Crippen molar-refractivity contribution in [1.82, 2.24) is 10.6 Å². The number of allylic oxidation sites excluding steroid dienone is 1. The highest BCUT2D eigenvalue weighted by Crippen LogP contribution is 2.07. The SMILES string of the molecule is C/C=C/CCNC(=O)CNC(=O)c1cccs1. The molecule has 0 aliphatic carbocycles. The molecule has 1 aromatic heterocycles. The third-order valence-corrected chi connectivity index (χ3v) is 2.89. The Labute approximate surface area is 105 Å². The maximum Gasteiger partial charge on any atom is 0.261 e. The molecule has 1 aromatic rings. The van der Waals surface area contributed by atoms with Gasteiger partial charge in [-0.1, -0.05) is 18.2 Å². The fourth-order valence-corrected chi connectivity index (χ4v) is 1.82. The van der Waals surface area contributed by atoms with Gasteiger partial charge in [-0.3, -0.25) is 9.59 Å². The fraction of sp³-hybridized carbons (Fsp3) is 0.333. The lowest BCUT2D eigenvalue weighted by atomic mass is 10.4. The smallest absolute Gasteiger partial charge is 0.261 e. The summed E-state index contributed by atoms with van der Waals surface area (Å²) in [6.07, 6.45) is 4.72. The number of nitrogens with one attached hydrogen (secondary N) is 2. The number of carbonyl (C=O) groups is 2. The number of hydrogen-bond donors (Lipinski definition) is 2. The summed E-state index contributed by atoms with van der Waals surface area (Å²) in [7, 11) is 0. The summed E-state index contributed by atoms with van der Waals surface area (Å²) in [5.41, 5.74) is 0. The molecule has 0 saturated heterocycles. The van der Waals surface area contributed by atoms with Crippen molar-refractivity contribution in [2.24, 2.45) is 0 Å². The highest BCUT2D eigenvalue weighted by atomic mass is 32.1. The first-order valence-corrected chi connectivity index (χ1v) is 6.31. The zero-order chi connectivity index (χ0) is 12.5. The molecule has 92 valence electrons. The second-order valence-electron chi connectivity index (χ2n) is 3.37. The molecule has 0 atom stereocenters. The summed E-state index contributed by atoms with van der Waals surface area (Å²) in [5.74, 6) is -0.372. The molecular weight excluding hydrogens is 236 g/mol. The van der Waals surface area contributed by atoms with E-state index in [-0.39, 0.29) is 18.4 Å². The highest BCUT2D eigenvalue weighted by Gasteiger charge is 2.07. The van der Waals surface area contributed by atoms with Crippen LogP contribution in [0.2, 0.25) is 0 Å². The average molecular weight is 252 g/mol. The molecule has 0 radical (unpaired) electrons. The standard InChI is InChI=1S/C12H16N2O2S/c1-2-3-4-7-13-11(15)9-14-12(16)10-6-5-8-17-10/h2-3,5-6,8H,4,7,9H2,1H3,(H,13,15)(H,14,16)/b3-2+. The van der Waals surface area contributed by atoms with E-state index >= 15 is 0 Å². The molecule has 0 saturated carbocycles. The molecule has 0 fully saturated rings. The Hall–Kier alpha value is -1.62. The van der Waals surface area contributed by atoms with Gasteiger partial charge in [0.25, 0.3) is 5.91 Å². The van der Waals surface area contributed by atoms with E-state index < -0.39 is 0 Å². The van der Waals surface area contributed by atoms with Crippen LogP contribution in [-0.2, 0) is 4.79 Å². The van der Waals surface area contributed by atoms with Crippen LogP contribution in [0.25, 0.3) is 0 Å². The van der Waals surface area contributed by atoms with E-state index in [1.807, 2.05) is 24.5 Å². The maximum atomic E-state index is 11.5. The Morgan fingerprint density at radius 2 is 2.24 bits per heavy atom. The van der Waals surface area contributed by atoms with Crippen LogP contribution in [0.3, 0.4) is 0 Å². The molecule has 0 aliphatic rings. The van der Waals surface area contributed by atoms with Gasteiger partial charge in [-0.2, -0.15) is 0 Å². The van der Waals surface area contributed by atoms with E-state index in [0.717, 1.165) is 6.42 Å². The molecule has 0 aliphatic heterocycles. The summed E-state index contributed by atoms with van der Waals surface area (Å²) < 4.78 is 0. The van der Waals surface area contributed by atoms with Gasteiger partial charge in [0.1, 0.15) is 0 Å². The molecule has 1 heterocycles. The number of hydrogen-bond acceptors (Lipinski definition) is 3. The van der Waals surface area contributed by atoms with E-state index in [1.54, 1.807) is 12.1 Å². The first-order valence-electron chi connectivity index (χ1n) is 5.43. The van der Waals surface area contributed by atoms with Crippen molar-refractivity contribution in [3.63, 3.8) is 0 Å². The molecule has 2 amide bonds. The summed E-state index contributed by atoms with van der Waals surface area (Å²) in [5, 5.41) is 7.11. The van der Waals surface area contributed by atoms with E-state index in [2.05, 4.69) is 10.6 Å². The topological polar surface area (TPSA) is 58.2 Å². The van der Waals surface area contributed by atoms with Gasteiger partial charge in [0.05, 0.1) is 11.4 Å². The summed E-state index contributed by atoms with van der Waals surface area (Å²) in [6.45, 7) is 2.55. The van der Waals surface area contributed by atoms with Crippen LogP contribution in [0, 0.1) is 0 Å². The molecule has 2 N–H and O–H groups in total. The first-order chi connectivity index (χ1) is 8.24. The predicted octanol–water partition coefficient (Wildman–Crippen LogP) is 1.56. The van der Waals surface area contributed by atoms with Crippen molar-refractivity contribution in [2.75, 3.05) is 13.1 Å². The van der Waals surface area contributed by atoms with Crippen molar-refractivity contribution < 1.29 is 9.59 Å². The molecule has 0 aromatic carbocycles. The van der Waals surface area contributed by atoms with Gasteiger partial charge < -0.3 is 10.6 Å². The van der Waals surface area contributed by atoms with Crippen LogP contribution in [0.1, 0.15) is 23.0 Å². The lowest BCUT2D eigenvalue weighted by molar-refractivity contribution is -0.120. The maximum absolute atomic E-state index is 11.5. The average Bonchev–Trinajstić information content (AvgIpc) is 2.85. The molecule has 0 unspecified atom stereocenters. The number of amides is 2. The number of thiophene rings is 1. The summed E-state index contributed by atoms with van der Waals surface area (Å²) in [4.78, 5) is 23.4. The third-order valence-electron chi connectivity index (χ3n) is 2.02. The van der Waals surface area contributed by atoms with Crippen LogP contribution in [-0.4, -0.2) is 24.9 Å². The molecule has 4 nitrogen and oxygen atoms in total. The normalized spacial score (nSPS) is 10.4. The van der Waals surface area contributed by atoms with Gasteiger partial charge in [-0.05, 0) is 24.8 Å². The minimum Gasteiger partial charge on any atom is -0.354 e. The molecule has 1 rings (SSSR count). The van der Waals surface area contributed by atoms with Gasteiger partial charge >= 0.3 is 0 Å². The third kappa shape index (κ3) is 5.31. The lowest BCUT2D eigenvalue weighted by Gasteiger charge is -2.04. The van der Waals surface area contributed by atoms with Gasteiger partial charge in [0.15, 0.2) is 0 Å². The van der Waals surface area contributed by atoms with Crippen LogP contribution < -0.4 is 10.6 Å². The van der Waals surface area contributed by atoms with Crippen molar-refractivity contribution in [3.05, 3.63) is 34.5 Å². The van der Waals surface area contributed by atoms with Gasteiger partial charge in [0.2, 0.25) is 5.91 Å². The van der Waals surface area contributed by atoms with E-state index in [9.17, 15) is 9.59 Å². The lowest BCUT2D eigenvalue weighted by Crippen LogP contribution is -2.36. The predicted molar refractivity (Wildman–Crippen MR) is 69.1 cm³/mol. The van der Waals surface area contributed by atoms with E-state index in [0.29, 0.717) is 11.4 Å². The van der Waals surface area contributed by atoms with Gasteiger partial charge in [-0.25, -0.2) is 0 Å². The largest absolute Gasteiger partial charge is 0.354 e. The van der Waals surface area contributed by atoms with Crippen LogP contribution in [0.4, 0.5) is 0 Å². The van der Waals surface area contributed by atoms with E-state index in [1.165, 1.54) is 11.3 Å². The Morgan fingerprint density at radius 3 is 2.88 bits per heavy atom. The minimum absolute atomic E-state index is 0.0204. The van der Waals surface area contributed by atoms with Gasteiger partial charge in [-0.15, -0.1) is 11.3 Å². The Balaban J connectivity index is 2.17. The molecule has 0 bridgehead atoms. The molecule has 17 heavy (non-hydrogen) atoms. The second-order valence-corrected chi connectivity index (χ2v) is 4.32. The first kappa shape index (κ1) is 13.4. The van der Waals surface area contributed by atoms with Crippen molar-refractivity contribution >= 4 is 23.2 Å². The Kier molecular flexibility index (Phi) is 6.03. The Morgan fingerprint density at radius 1 is 1.41 bits per heavy atom. The number of carbonyl (C=O) groups excluding carboxylic acids is 2. The number of rotatable bonds is 6. The Bertz CT molecular complexity index is 385. The molecule has 0 spiro atoms. The molecule has 5 heteroatoms. The summed E-state index contributed by atoms with van der Waals surface area (Å²) >= 11 is 1.35. The zero-order valence-corrected chi connectivity index (χ0v) is 10.5. The van der Waals surface area contributed by atoms with Crippen LogP contribution >= 0.6 is 11.3 Å². The fourth-order valence-electron chi connectivity index (χ4n) is 1.18. The van der Waals surface area contributed by atoms with Crippen LogP contribution in [0.15, 0.2) is 29.7 Å². The summed E-state index contributed by atoms with van der Waals surface area (Å²) in [6, 6.07) is 3.53. The minimum atomic E-state index is -0.205. The highest BCUT2D eigenvalue weighted by molar-refractivity contribution is 7.12.